The van der Waals surface area contributed by atoms with Crippen molar-refractivity contribution < 1.29 is 19.2 Å². The van der Waals surface area contributed by atoms with Crippen LogP contribution in [-0.2, 0) is 13.2 Å². The zero-order valence-electron chi connectivity index (χ0n) is 11.4. The lowest BCUT2D eigenvalue weighted by atomic mass is 9.80. The molecule has 20 heavy (non-hydrogen) atoms. The summed E-state index contributed by atoms with van der Waals surface area (Å²) in [6, 6.07) is 5.59. The number of nitrogens with zero attached hydrogens (tertiary/aromatic N) is 2. The van der Waals surface area contributed by atoms with Crippen LogP contribution >= 0.6 is 0 Å². The molecule has 1 aromatic heterocycles. The second-order valence-electron chi connectivity index (χ2n) is 4.45. The highest BCUT2D eigenvalue weighted by molar-refractivity contribution is 6.58. The Balaban J connectivity index is 2.15. The van der Waals surface area contributed by atoms with Crippen molar-refractivity contribution in [3.05, 3.63) is 41.5 Å². The molecule has 2 aromatic rings. The molecule has 2 N–H and O–H groups in total. The van der Waals surface area contributed by atoms with Gasteiger partial charge in [0, 0.05) is 6.54 Å². The number of aryl methyl sites for hydroxylation is 2. The molecule has 0 radical (unpaired) electrons. The summed E-state index contributed by atoms with van der Waals surface area (Å²) >= 11 is 0. The fourth-order valence-electron chi connectivity index (χ4n) is 1.93. The molecule has 1 aromatic carbocycles. The Morgan fingerprint density at radius 2 is 2.10 bits per heavy atom. The summed E-state index contributed by atoms with van der Waals surface area (Å²) in [5, 5.41) is 22.4. The van der Waals surface area contributed by atoms with Gasteiger partial charge >= 0.3 is 7.12 Å². The quantitative estimate of drug-likeness (QED) is 0.786. The van der Waals surface area contributed by atoms with Crippen LogP contribution in [0.15, 0.2) is 24.3 Å². The highest BCUT2D eigenvalue weighted by Gasteiger charge is 2.15. The molecule has 0 atom stereocenters. The van der Waals surface area contributed by atoms with E-state index >= 15 is 0 Å². The van der Waals surface area contributed by atoms with Crippen molar-refractivity contribution in [3.8, 4) is 5.75 Å². The average Bonchev–Trinajstić information content (AvgIpc) is 2.77. The van der Waals surface area contributed by atoms with Gasteiger partial charge in [0.15, 0.2) is 11.6 Å². The van der Waals surface area contributed by atoms with Crippen LogP contribution in [0.4, 0.5) is 4.39 Å². The minimum absolute atomic E-state index is 0.0166. The summed E-state index contributed by atoms with van der Waals surface area (Å²) in [5.74, 6) is -0.564. The predicted molar refractivity (Wildman–Crippen MR) is 73.2 cm³/mol. The Hall–Kier alpha value is -1.86. The molecule has 1 heterocycles. The Morgan fingerprint density at radius 3 is 2.75 bits per heavy atom. The maximum absolute atomic E-state index is 13.6. The predicted octanol–water partition coefficient (Wildman–Crippen LogP) is 0.609. The monoisotopic (exact) mass is 278 g/mol. The van der Waals surface area contributed by atoms with Crippen LogP contribution in [-0.4, -0.2) is 26.9 Å². The maximum Gasteiger partial charge on any atom is 0.488 e. The molecule has 0 spiro atoms. The van der Waals surface area contributed by atoms with Gasteiger partial charge in [0.2, 0.25) is 0 Å². The fourth-order valence-corrected chi connectivity index (χ4v) is 1.93. The molecule has 5 nitrogen and oxygen atoms in total. The fraction of sp³-hybridized carbons (Fsp3) is 0.308. The second-order valence-corrected chi connectivity index (χ2v) is 4.45. The average molecular weight is 278 g/mol. The normalized spacial score (nSPS) is 10.7. The van der Waals surface area contributed by atoms with Crippen LogP contribution in [0.3, 0.4) is 0 Å². The molecule has 0 aliphatic rings. The van der Waals surface area contributed by atoms with Gasteiger partial charge in [-0.3, -0.25) is 4.68 Å². The van der Waals surface area contributed by atoms with Gasteiger partial charge in [0.05, 0.1) is 11.4 Å². The summed E-state index contributed by atoms with van der Waals surface area (Å²) in [6.07, 6.45) is 0. The van der Waals surface area contributed by atoms with Gasteiger partial charge in [0.1, 0.15) is 6.61 Å². The summed E-state index contributed by atoms with van der Waals surface area (Å²) < 4.78 is 20.8. The van der Waals surface area contributed by atoms with Crippen LogP contribution in [0, 0.1) is 12.7 Å². The first-order valence-corrected chi connectivity index (χ1v) is 6.33. The molecule has 0 fully saturated rings. The molecule has 7 heteroatoms. The molecule has 0 bridgehead atoms. The van der Waals surface area contributed by atoms with Crippen molar-refractivity contribution in [3.63, 3.8) is 0 Å². The zero-order valence-corrected chi connectivity index (χ0v) is 11.4. The third kappa shape index (κ3) is 3.18. The van der Waals surface area contributed by atoms with Crippen LogP contribution in [0.5, 0.6) is 5.75 Å². The maximum atomic E-state index is 13.6. The van der Waals surface area contributed by atoms with E-state index < -0.39 is 12.9 Å². The second kappa shape index (κ2) is 6.07. The van der Waals surface area contributed by atoms with Crippen molar-refractivity contribution >= 4 is 12.6 Å². The van der Waals surface area contributed by atoms with Crippen LogP contribution < -0.4 is 10.2 Å². The number of halogens is 1. The number of ether oxygens (including phenoxy) is 1. The van der Waals surface area contributed by atoms with E-state index in [1.165, 1.54) is 12.1 Å². The van der Waals surface area contributed by atoms with Crippen molar-refractivity contribution in [1.82, 2.24) is 9.78 Å². The molecule has 0 unspecified atom stereocenters. The van der Waals surface area contributed by atoms with E-state index in [9.17, 15) is 4.39 Å². The standard InChI is InChI=1S/C13H16BFN2O3/c1-3-17-11(6-9(2)16-17)8-20-13-7-10(14(18)19)4-5-12(13)15/h4-7,18-19H,3,8H2,1-2H3. The minimum Gasteiger partial charge on any atom is -0.484 e. The summed E-state index contributed by atoms with van der Waals surface area (Å²) in [5.41, 5.74) is 1.88. The molecular formula is C13H16BFN2O3. The highest BCUT2D eigenvalue weighted by atomic mass is 19.1. The van der Waals surface area contributed by atoms with E-state index in [-0.39, 0.29) is 17.8 Å². The Labute approximate surface area is 116 Å². The lowest BCUT2D eigenvalue weighted by Crippen LogP contribution is -2.29. The van der Waals surface area contributed by atoms with E-state index in [0.29, 0.717) is 6.54 Å². The lowest BCUT2D eigenvalue weighted by molar-refractivity contribution is 0.278. The Morgan fingerprint density at radius 1 is 1.35 bits per heavy atom. The van der Waals surface area contributed by atoms with Gasteiger partial charge < -0.3 is 14.8 Å². The molecule has 0 amide bonds. The third-order valence-electron chi connectivity index (χ3n) is 2.91. The molecule has 106 valence electrons. The highest BCUT2D eigenvalue weighted by Crippen LogP contribution is 2.17. The Kier molecular flexibility index (Phi) is 4.41. The summed E-state index contributed by atoms with van der Waals surface area (Å²) in [4.78, 5) is 0. The van der Waals surface area contributed by atoms with Crippen LogP contribution in [0.25, 0.3) is 0 Å². The van der Waals surface area contributed by atoms with Crippen LogP contribution in [0.1, 0.15) is 18.3 Å². The molecule has 2 rings (SSSR count). The molecule has 0 saturated carbocycles. The van der Waals surface area contributed by atoms with Crippen molar-refractivity contribution in [2.75, 3.05) is 0 Å². The molecule has 0 aliphatic carbocycles. The first-order valence-electron chi connectivity index (χ1n) is 6.33. The van der Waals surface area contributed by atoms with Crippen LogP contribution in [0.2, 0.25) is 0 Å². The number of hydrogen-bond donors (Lipinski definition) is 2. The molecular weight excluding hydrogens is 262 g/mol. The van der Waals surface area contributed by atoms with E-state index in [4.69, 9.17) is 14.8 Å². The topological polar surface area (TPSA) is 67.5 Å². The summed E-state index contributed by atoms with van der Waals surface area (Å²) in [6.45, 7) is 4.69. The third-order valence-corrected chi connectivity index (χ3v) is 2.91. The van der Waals surface area contributed by atoms with Crippen molar-refractivity contribution in [2.45, 2.75) is 27.0 Å². The lowest BCUT2D eigenvalue weighted by Gasteiger charge is -2.10. The molecule has 0 saturated heterocycles. The first-order chi connectivity index (χ1) is 9.51. The SMILES string of the molecule is CCn1nc(C)cc1COc1cc(B(O)O)ccc1F. The number of benzene rings is 1. The zero-order chi connectivity index (χ0) is 14.7. The van der Waals surface area contributed by atoms with Gasteiger partial charge in [-0.15, -0.1) is 0 Å². The largest absolute Gasteiger partial charge is 0.488 e. The first kappa shape index (κ1) is 14.6. The van der Waals surface area contributed by atoms with E-state index in [1.807, 2.05) is 19.9 Å². The van der Waals surface area contributed by atoms with E-state index in [2.05, 4.69) is 5.10 Å². The van der Waals surface area contributed by atoms with Crippen molar-refractivity contribution in [2.24, 2.45) is 0 Å². The number of rotatable bonds is 5. The van der Waals surface area contributed by atoms with Gasteiger partial charge in [-0.2, -0.15) is 5.10 Å². The van der Waals surface area contributed by atoms with E-state index in [1.54, 1.807) is 4.68 Å². The number of aromatic nitrogens is 2. The van der Waals surface area contributed by atoms with Gasteiger partial charge in [0.25, 0.3) is 0 Å². The number of hydrogen-bond acceptors (Lipinski definition) is 4. The van der Waals surface area contributed by atoms with E-state index in [0.717, 1.165) is 17.5 Å². The molecule has 0 aliphatic heterocycles. The Bertz CT molecular complexity index is 601. The smallest absolute Gasteiger partial charge is 0.484 e. The van der Waals surface area contributed by atoms with Gasteiger partial charge in [-0.05, 0) is 37.5 Å². The van der Waals surface area contributed by atoms with Gasteiger partial charge in [-0.1, -0.05) is 6.07 Å². The minimum atomic E-state index is -1.65. The van der Waals surface area contributed by atoms with Crippen molar-refractivity contribution in [1.29, 1.82) is 0 Å². The van der Waals surface area contributed by atoms with Gasteiger partial charge in [-0.25, -0.2) is 4.39 Å². The summed E-state index contributed by atoms with van der Waals surface area (Å²) in [7, 11) is -1.65.